The summed E-state index contributed by atoms with van der Waals surface area (Å²) in [6.07, 6.45) is 5.42. The van der Waals surface area contributed by atoms with Crippen molar-refractivity contribution in [3.05, 3.63) is 59.1 Å². The van der Waals surface area contributed by atoms with Gasteiger partial charge < -0.3 is 14.4 Å². The van der Waals surface area contributed by atoms with Crippen LogP contribution in [-0.2, 0) is 4.79 Å². The number of carbonyl (C=O) groups excluding carboxylic acids is 1. The van der Waals surface area contributed by atoms with Crippen molar-refractivity contribution in [2.45, 2.75) is 25.8 Å². The zero-order valence-corrected chi connectivity index (χ0v) is 17.4. The fourth-order valence-corrected chi connectivity index (χ4v) is 4.76. The van der Waals surface area contributed by atoms with Gasteiger partial charge >= 0.3 is 0 Å². The Morgan fingerprint density at radius 1 is 1.28 bits per heavy atom. The number of carbonyl (C=O) groups is 1. The van der Waals surface area contributed by atoms with Gasteiger partial charge in [0.15, 0.2) is 11.5 Å². The minimum atomic E-state index is 0.0135. The number of ether oxygens (including phenoxy) is 2. The number of hydrogen-bond acceptors (Lipinski definition) is 5. The maximum atomic E-state index is 12.9. The molecule has 0 radical (unpaired) electrons. The van der Waals surface area contributed by atoms with E-state index in [2.05, 4.69) is 6.07 Å². The van der Waals surface area contributed by atoms with Gasteiger partial charge in [-0.25, -0.2) is 4.98 Å². The maximum absolute atomic E-state index is 12.9. The van der Waals surface area contributed by atoms with E-state index in [1.165, 1.54) is 4.70 Å². The van der Waals surface area contributed by atoms with Gasteiger partial charge in [0, 0.05) is 12.6 Å². The predicted molar refractivity (Wildman–Crippen MR) is 117 cm³/mol. The van der Waals surface area contributed by atoms with Crippen molar-refractivity contribution in [1.29, 1.82) is 0 Å². The van der Waals surface area contributed by atoms with Gasteiger partial charge in [0.2, 0.25) is 5.91 Å². The van der Waals surface area contributed by atoms with Crippen LogP contribution >= 0.6 is 11.3 Å². The van der Waals surface area contributed by atoms with Crippen molar-refractivity contribution in [2.24, 2.45) is 0 Å². The summed E-state index contributed by atoms with van der Waals surface area (Å²) in [6.45, 7) is 3.27. The normalized spacial score (nSPS) is 16.6. The SMILES string of the molecule is CCOc1ccc(/C=C/C(=O)N2CCCC2c2nc3ccccc3s2)cc1OC. The minimum Gasteiger partial charge on any atom is -0.493 e. The fourth-order valence-electron chi connectivity index (χ4n) is 3.65. The first-order chi connectivity index (χ1) is 14.2. The molecule has 1 saturated heterocycles. The number of amides is 1. The molecule has 1 amide bonds. The van der Waals surface area contributed by atoms with E-state index in [1.54, 1.807) is 24.5 Å². The van der Waals surface area contributed by atoms with E-state index in [4.69, 9.17) is 14.5 Å². The molecular formula is C23H24N2O3S. The quantitative estimate of drug-likeness (QED) is 0.534. The predicted octanol–water partition coefficient (Wildman–Crippen LogP) is 5.08. The summed E-state index contributed by atoms with van der Waals surface area (Å²) in [5, 5.41) is 1.02. The lowest BCUT2D eigenvalue weighted by molar-refractivity contribution is -0.126. The fraction of sp³-hybridized carbons (Fsp3) is 0.304. The number of hydrogen-bond donors (Lipinski definition) is 0. The molecule has 1 aromatic heterocycles. The Hall–Kier alpha value is -2.86. The van der Waals surface area contributed by atoms with Crippen molar-refractivity contribution in [1.82, 2.24) is 9.88 Å². The molecule has 3 aromatic rings. The molecule has 0 bridgehead atoms. The first kappa shape index (κ1) is 19.5. The van der Waals surface area contributed by atoms with Crippen molar-refractivity contribution in [3.63, 3.8) is 0 Å². The number of methoxy groups -OCH3 is 1. The van der Waals surface area contributed by atoms with E-state index in [0.29, 0.717) is 18.1 Å². The van der Waals surface area contributed by atoms with E-state index in [-0.39, 0.29) is 11.9 Å². The summed E-state index contributed by atoms with van der Waals surface area (Å²) >= 11 is 1.68. The summed E-state index contributed by atoms with van der Waals surface area (Å²) in [7, 11) is 1.61. The highest BCUT2D eigenvalue weighted by Gasteiger charge is 2.31. The monoisotopic (exact) mass is 408 g/mol. The van der Waals surface area contributed by atoms with Crippen LogP contribution in [0.25, 0.3) is 16.3 Å². The summed E-state index contributed by atoms with van der Waals surface area (Å²) in [5.41, 5.74) is 1.90. The molecule has 0 aliphatic carbocycles. The van der Waals surface area contributed by atoms with Gasteiger partial charge in [-0.15, -0.1) is 11.3 Å². The summed E-state index contributed by atoms with van der Waals surface area (Å²) in [4.78, 5) is 19.6. The van der Waals surface area contributed by atoms with Gasteiger partial charge in [0.05, 0.1) is 30.0 Å². The largest absolute Gasteiger partial charge is 0.493 e. The van der Waals surface area contributed by atoms with E-state index in [1.807, 2.05) is 54.3 Å². The smallest absolute Gasteiger partial charge is 0.247 e. The van der Waals surface area contributed by atoms with Crippen LogP contribution in [0.3, 0.4) is 0 Å². The van der Waals surface area contributed by atoms with Gasteiger partial charge in [-0.05, 0) is 55.7 Å². The summed E-state index contributed by atoms with van der Waals surface area (Å²) in [5.74, 6) is 1.38. The average molecular weight is 409 g/mol. The number of aromatic nitrogens is 1. The molecule has 29 heavy (non-hydrogen) atoms. The van der Waals surface area contributed by atoms with E-state index < -0.39 is 0 Å². The van der Waals surface area contributed by atoms with Crippen LogP contribution < -0.4 is 9.47 Å². The van der Waals surface area contributed by atoms with E-state index >= 15 is 0 Å². The van der Waals surface area contributed by atoms with Crippen molar-refractivity contribution in [2.75, 3.05) is 20.3 Å². The Kier molecular flexibility index (Phi) is 5.81. The van der Waals surface area contributed by atoms with Crippen LogP contribution in [0.4, 0.5) is 0 Å². The lowest BCUT2D eigenvalue weighted by Crippen LogP contribution is -2.28. The average Bonchev–Trinajstić information content (AvgIpc) is 3.39. The van der Waals surface area contributed by atoms with Gasteiger partial charge in [0.1, 0.15) is 5.01 Å². The molecular weight excluding hydrogens is 384 g/mol. The van der Waals surface area contributed by atoms with E-state index in [0.717, 1.165) is 35.5 Å². The second-order valence-electron chi connectivity index (χ2n) is 6.89. The molecule has 0 saturated carbocycles. The van der Waals surface area contributed by atoms with Crippen LogP contribution in [-0.4, -0.2) is 36.1 Å². The molecule has 0 N–H and O–H groups in total. The number of rotatable bonds is 6. The second-order valence-corrected chi connectivity index (χ2v) is 7.95. The first-order valence-electron chi connectivity index (χ1n) is 9.84. The van der Waals surface area contributed by atoms with Gasteiger partial charge in [-0.2, -0.15) is 0 Å². The third-order valence-electron chi connectivity index (χ3n) is 5.04. The van der Waals surface area contributed by atoms with Crippen LogP contribution in [0.1, 0.15) is 36.4 Å². The van der Waals surface area contributed by atoms with Crippen LogP contribution in [0, 0.1) is 0 Å². The Balaban J connectivity index is 1.51. The molecule has 0 spiro atoms. The Labute approximate surface area is 174 Å². The zero-order chi connectivity index (χ0) is 20.2. The van der Waals surface area contributed by atoms with Crippen LogP contribution in [0.15, 0.2) is 48.5 Å². The molecule has 1 aliphatic heterocycles. The first-order valence-corrected chi connectivity index (χ1v) is 10.7. The number of para-hydroxylation sites is 1. The molecule has 4 rings (SSSR count). The van der Waals surface area contributed by atoms with E-state index in [9.17, 15) is 4.79 Å². The Morgan fingerprint density at radius 3 is 2.93 bits per heavy atom. The standard InChI is InChI=1S/C23H24N2O3S/c1-3-28-19-12-10-16(15-20(19)27-2)11-13-22(26)25-14-6-8-18(25)23-24-17-7-4-5-9-21(17)29-23/h4-5,7,9-13,15,18H,3,6,8,14H2,1-2H3/b13-11+. The molecule has 2 aromatic carbocycles. The maximum Gasteiger partial charge on any atom is 0.247 e. The molecule has 6 heteroatoms. The summed E-state index contributed by atoms with van der Waals surface area (Å²) in [6, 6.07) is 13.8. The third kappa shape index (κ3) is 4.12. The van der Waals surface area contributed by atoms with Crippen LogP contribution in [0.5, 0.6) is 11.5 Å². The topological polar surface area (TPSA) is 51.7 Å². The number of nitrogens with zero attached hydrogens (tertiary/aromatic N) is 2. The van der Waals surface area contributed by atoms with Crippen molar-refractivity contribution in [3.8, 4) is 11.5 Å². The highest BCUT2D eigenvalue weighted by atomic mass is 32.1. The number of thiazole rings is 1. The van der Waals surface area contributed by atoms with Crippen molar-refractivity contribution < 1.29 is 14.3 Å². The molecule has 2 heterocycles. The van der Waals surface area contributed by atoms with Gasteiger partial charge in [-0.3, -0.25) is 4.79 Å². The minimum absolute atomic E-state index is 0.0135. The second kappa shape index (κ2) is 8.66. The summed E-state index contributed by atoms with van der Waals surface area (Å²) < 4.78 is 12.1. The third-order valence-corrected chi connectivity index (χ3v) is 6.17. The van der Waals surface area contributed by atoms with Gasteiger partial charge in [-0.1, -0.05) is 18.2 Å². The molecule has 1 aliphatic rings. The molecule has 5 nitrogen and oxygen atoms in total. The lowest BCUT2D eigenvalue weighted by atomic mass is 10.1. The highest BCUT2D eigenvalue weighted by molar-refractivity contribution is 7.18. The van der Waals surface area contributed by atoms with Crippen molar-refractivity contribution >= 4 is 33.5 Å². The Bertz CT molecular complexity index is 1010. The molecule has 1 unspecified atom stereocenters. The van der Waals surface area contributed by atoms with Gasteiger partial charge in [0.25, 0.3) is 0 Å². The molecule has 1 fully saturated rings. The number of benzene rings is 2. The number of fused-ring (bicyclic) bond motifs is 1. The lowest BCUT2D eigenvalue weighted by Gasteiger charge is -2.21. The van der Waals surface area contributed by atoms with Crippen LogP contribution in [0.2, 0.25) is 0 Å². The highest BCUT2D eigenvalue weighted by Crippen LogP contribution is 2.36. The Morgan fingerprint density at radius 2 is 2.14 bits per heavy atom. The number of likely N-dealkylation sites (tertiary alicyclic amines) is 1. The molecule has 150 valence electrons. The zero-order valence-electron chi connectivity index (χ0n) is 16.6. The molecule has 1 atom stereocenters.